The van der Waals surface area contributed by atoms with Crippen LogP contribution in [0.2, 0.25) is 0 Å². The molecule has 0 aliphatic heterocycles. The summed E-state index contributed by atoms with van der Waals surface area (Å²) < 4.78 is 26.4. The number of nitrogens with zero attached hydrogens (tertiary/aromatic N) is 3. The lowest BCUT2D eigenvalue weighted by Crippen LogP contribution is -2.35. The molecule has 0 saturated heterocycles. The van der Waals surface area contributed by atoms with Crippen LogP contribution < -0.4 is 0 Å². The zero-order valence-corrected chi connectivity index (χ0v) is 13.7. The van der Waals surface area contributed by atoms with Crippen LogP contribution >= 0.6 is 0 Å². The standard InChI is InChI=1S/C15H19N3O3S/c1-4-10-22(20,21)17(3)15(19)14-11-16-18(12(14)2)13-8-6-5-7-9-13/h5-9,11H,4,10H2,1-3H3. The molecule has 0 saturated carbocycles. The molecule has 2 aromatic rings. The molecule has 1 heterocycles. The first-order chi connectivity index (χ1) is 10.4. The lowest BCUT2D eigenvalue weighted by Gasteiger charge is -2.16. The Morgan fingerprint density at radius 3 is 2.50 bits per heavy atom. The highest BCUT2D eigenvalue weighted by Crippen LogP contribution is 2.16. The maximum atomic E-state index is 12.4. The third-order valence-electron chi connectivity index (χ3n) is 3.41. The second kappa shape index (κ2) is 6.31. The molecule has 22 heavy (non-hydrogen) atoms. The molecule has 0 N–H and O–H groups in total. The number of hydrogen-bond donors (Lipinski definition) is 0. The fourth-order valence-electron chi connectivity index (χ4n) is 2.14. The summed E-state index contributed by atoms with van der Waals surface area (Å²) in [7, 11) is -2.30. The zero-order chi connectivity index (χ0) is 16.3. The fourth-order valence-corrected chi connectivity index (χ4v) is 3.28. The summed E-state index contributed by atoms with van der Waals surface area (Å²) >= 11 is 0. The van der Waals surface area contributed by atoms with Crippen LogP contribution in [0.5, 0.6) is 0 Å². The van der Waals surface area contributed by atoms with Crippen molar-refractivity contribution in [1.29, 1.82) is 0 Å². The quantitative estimate of drug-likeness (QED) is 0.844. The minimum atomic E-state index is -3.58. The predicted octanol–water partition coefficient (Wildman–Crippen LogP) is 1.99. The van der Waals surface area contributed by atoms with E-state index in [0.717, 1.165) is 9.99 Å². The van der Waals surface area contributed by atoms with Crippen LogP contribution in [-0.4, -0.2) is 41.2 Å². The van der Waals surface area contributed by atoms with Crippen LogP contribution in [0.1, 0.15) is 29.4 Å². The van der Waals surface area contributed by atoms with E-state index in [1.807, 2.05) is 30.3 Å². The molecule has 2 rings (SSSR count). The summed E-state index contributed by atoms with van der Waals surface area (Å²) in [5, 5.41) is 4.19. The number of sulfonamides is 1. The van der Waals surface area contributed by atoms with Gasteiger partial charge in [0.05, 0.1) is 28.9 Å². The Bertz CT molecular complexity index is 767. The molecule has 0 unspecified atom stereocenters. The second-order valence-electron chi connectivity index (χ2n) is 4.98. The third kappa shape index (κ3) is 3.04. The van der Waals surface area contributed by atoms with Gasteiger partial charge in [0.1, 0.15) is 0 Å². The van der Waals surface area contributed by atoms with Gasteiger partial charge in [0.2, 0.25) is 10.0 Å². The van der Waals surface area contributed by atoms with Gasteiger partial charge in [-0.2, -0.15) is 5.10 Å². The maximum absolute atomic E-state index is 12.4. The molecule has 0 fully saturated rings. The third-order valence-corrected chi connectivity index (χ3v) is 5.33. The monoisotopic (exact) mass is 321 g/mol. The van der Waals surface area contributed by atoms with E-state index >= 15 is 0 Å². The van der Waals surface area contributed by atoms with E-state index in [9.17, 15) is 13.2 Å². The van der Waals surface area contributed by atoms with Crippen molar-refractivity contribution in [2.45, 2.75) is 20.3 Å². The Morgan fingerprint density at radius 2 is 1.91 bits per heavy atom. The molecular weight excluding hydrogens is 302 g/mol. The van der Waals surface area contributed by atoms with Gasteiger partial charge in [-0.3, -0.25) is 4.79 Å². The SMILES string of the molecule is CCCS(=O)(=O)N(C)C(=O)c1cnn(-c2ccccc2)c1C. The molecule has 1 amide bonds. The Hall–Kier alpha value is -2.15. The number of carbonyl (C=O) groups excluding carboxylic acids is 1. The number of aromatic nitrogens is 2. The minimum absolute atomic E-state index is 0.0545. The summed E-state index contributed by atoms with van der Waals surface area (Å²) in [5.41, 5.74) is 1.71. The molecule has 7 heteroatoms. The first kappa shape index (κ1) is 16.2. The fraction of sp³-hybridized carbons (Fsp3) is 0.333. The van der Waals surface area contributed by atoms with Crippen molar-refractivity contribution >= 4 is 15.9 Å². The first-order valence-corrected chi connectivity index (χ1v) is 8.60. The van der Waals surface area contributed by atoms with Gasteiger partial charge in [0, 0.05) is 7.05 Å². The van der Waals surface area contributed by atoms with Gasteiger partial charge < -0.3 is 0 Å². The molecule has 0 radical (unpaired) electrons. The normalized spacial score (nSPS) is 11.4. The zero-order valence-electron chi connectivity index (χ0n) is 12.9. The molecule has 0 bridgehead atoms. The molecule has 1 aromatic carbocycles. The Kier molecular flexibility index (Phi) is 4.65. The van der Waals surface area contributed by atoms with E-state index in [2.05, 4.69) is 5.10 Å². The van der Waals surface area contributed by atoms with Gasteiger partial charge in [-0.05, 0) is 25.5 Å². The number of amides is 1. The smallest absolute Gasteiger partial charge is 0.268 e. The number of hydrogen-bond acceptors (Lipinski definition) is 4. The van der Waals surface area contributed by atoms with Gasteiger partial charge in [-0.1, -0.05) is 25.1 Å². The summed E-state index contributed by atoms with van der Waals surface area (Å²) in [6.45, 7) is 3.50. The minimum Gasteiger partial charge on any atom is -0.268 e. The summed E-state index contributed by atoms with van der Waals surface area (Å²) in [4.78, 5) is 12.4. The van der Waals surface area contributed by atoms with Crippen molar-refractivity contribution in [2.75, 3.05) is 12.8 Å². The predicted molar refractivity (Wildman–Crippen MR) is 84.5 cm³/mol. The van der Waals surface area contributed by atoms with E-state index in [0.29, 0.717) is 12.1 Å². The Labute approximate surface area is 130 Å². The number of rotatable bonds is 5. The lowest BCUT2D eigenvalue weighted by molar-refractivity contribution is 0.0882. The van der Waals surface area contributed by atoms with Crippen molar-refractivity contribution in [3.05, 3.63) is 47.8 Å². The van der Waals surface area contributed by atoms with Gasteiger partial charge >= 0.3 is 0 Å². The van der Waals surface area contributed by atoms with E-state index in [-0.39, 0.29) is 11.3 Å². The van der Waals surface area contributed by atoms with Crippen molar-refractivity contribution in [3.63, 3.8) is 0 Å². The molecule has 6 nitrogen and oxygen atoms in total. The highest BCUT2D eigenvalue weighted by atomic mass is 32.2. The van der Waals surface area contributed by atoms with Gasteiger partial charge in [0.25, 0.3) is 5.91 Å². The highest BCUT2D eigenvalue weighted by Gasteiger charge is 2.26. The average molecular weight is 321 g/mol. The summed E-state index contributed by atoms with van der Waals surface area (Å²) in [6.07, 6.45) is 1.87. The van der Waals surface area contributed by atoms with Crippen LogP contribution in [0.25, 0.3) is 5.69 Å². The number of para-hydroxylation sites is 1. The van der Waals surface area contributed by atoms with Crippen LogP contribution in [0.4, 0.5) is 0 Å². The molecule has 1 aromatic heterocycles. The van der Waals surface area contributed by atoms with Crippen LogP contribution in [-0.2, 0) is 10.0 Å². The molecule has 0 atom stereocenters. The number of carbonyl (C=O) groups is 1. The Balaban J connectivity index is 2.35. The number of benzene rings is 1. The molecule has 118 valence electrons. The van der Waals surface area contributed by atoms with E-state index in [4.69, 9.17) is 0 Å². The van der Waals surface area contributed by atoms with Crippen molar-refractivity contribution < 1.29 is 13.2 Å². The largest absolute Gasteiger partial charge is 0.270 e. The van der Waals surface area contributed by atoms with E-state index < -0.39 is 15.9 Å². The first-order valence-electron chi connectivity index (χ1n) is 6.99. The van der Waals surface area contributed by atoms with E-state index in [1.165, 1.54) is 13.2 Å². The second-order valence-corrected chi connectivity index (χ2v) is 7.10. The Morgan fingerprint density at radius 1 is 1.27 bits per heavy atom. The van der Waals surface area contributed by atoms with Crippen molar-refractivity contribution in [2.24, 2.45) is 0 Å². The lowest BCUT2D eigenvalue weighted by atomic mass is 10.2. The molecular formula is C15H19N3O3S. The maximum Gasteiger partial charge on any atom is 0.270 e. The highest BCUT2D eigenvalue weighted by molar-refractivity contribution is 7.89. The summed E-state index contributed by atoms with van der Waals surface area (Å²) in [5.74, 6) is -0.616. The average Bonchev–Trinajstić information content (AvgIpc) is 2.88. The molecule has 0 aliphatic carbocycles. The molecule has 0 spiro atoms. The van der Waals surface area contributed by atoms with Crippen molar-refractivity contribution in [3.8, 4) is 5.69 Å². The topological polar surface area (TPSA) is 72.3 Å². The summed E-state index contributed by atoms with van der Waals surface area (Å²) in [6, 6.07) is 9.36. The molecule has 0 aliphatic rings. The van der Waals surface area contributed by atoms with Gasteiger partial charge in [0.15, 0.2) is 0 Å². The van der Waals surface area contributed by atoms with Crippen LogP contribution in [0.15, 0.2) is 36.5 Å². The van der Waals surface area contributed by atoms with Gasteiger partial charge in [-0.15, -0.1) is 0 Å². The van der Waals surface area contributed by atoms with Crippen LogP contribution in [0.3, 0.4) is 0 Å². The van der Waals surface area contributed by atoms with Crippen molar-refractivity contribution in [1.82, 2.24) is 14.1 Å². The van der Waals surface area contributed by atoms with E-state index in [1.54, 1.807) is 18.5 Å². The van der Waals surface area contributed by atoms with Gasteiger partial charge in [-0.25, -0.2) is 17.4 Å². The van der Waals surface area contributed by atoms with Crippen LogP contribution in [0, 0.1) is 6.92 Å².